The number of benzene rings is 4. The Morgan fingerprint density at radius 2 is 1.19 bits per heavy atom. The van der Waals surface area contributed by atoms with Gasteiger partial charge in [-0.05, 0) is 35.7 Å². The van der Waals surface area contributed by atoms with Crippen molar-refractivity contribution in [3.63, 3.8) is 0 Å². The molecular weight excluding hydrogens is 375 g/mol. The number of rotatable bonds is 4. The van der Waals surface area contributed by atoms with E-state index < -0.39 is 0 Å². The van der Waals surface area contributed by atoms with Crippen molar-refractivity contribution >= 4 is 45.4 Å². The average Bonchev–Trinajstić information content (AvgIpc) is 2.71. The van der Waals surface area contributed by atoms with Crippen molar-refractivity contribution < 1.29 is 0 Å². The SMILES string of the molecule is Clc1ccc(C(=NNc2cccc3ccccc23)c2ccc(Cl)cc2)cc1. The number of hydrogen-bond acceptors (Lipinski definition) is 2. The molecule has 0 aliphatic carbocycles. The summed E-state index contributed by atoms with van der Waals surface area (Å²) in [6.45, 7) is 0. The maximum absolute atomic E-state index is 6.05. The Kier molecular flexibility index (Phi) is 5.10. The number of nitrogens with zero attached hydrogens (tertiary/aromatic N) is 1. The summed E-state index contributed by atoms with van der Waals surface area (Å²) >= 11 is 12.1. The molecule has 0 heterocycles. The minimum Gasteiger partial charge on any atom is -0.277 e. The van der Waals surface area contributed by atoms with Crippen LogP contribution < -0.4 is 5.43 Å². The quantitative estimate of drug-likeness (QED) is 0.294. The molecule has 27 heavy (non-hydrogen) atoms. The van der Waals surface area contributed by atoms with Gasteiger partial charge in [0.1, 0.15) is 0 Å². The number of nitrogens with one attached hydrogen (secondary N) is 1. The highest BCUT2D eigenvalue weighted by atomic mass is 35.5. The van der Waals surface area contributed by atoms with Gasteiger partial charge in [0.15, 0.2) is 0 Å². The zero-order valence-corrected chi connectivity index (χ0v) is 15.9. The van der Waals surface area contributed by atoms with Crippen LogP contribution in [0.25, 0.3) is 10.8 Å². The second kappa shape index (κ2) is 7.83. The second-order valence-electron chi connectivity index (χ2n) is 6.11. The Bertz CT molecular complexity index is 1050. The molecule has 4 rings (SSSR count). The van der Waals surface area contributed by atoms with Crippen LogP contribution in [0.5, 0.6) is 0 Å². The normalized spacial score (nSPS) is 10.6. The van der Waals surface area contributed by atoms with Crippen LogP contribution >= 0.6 is 23.2 Å². The summed E-state index contributed by atoms with van der Waals surface area (Å²) in [4.78, 5) is 0. The molecule has 2 nitrogen and oxygen atoms in total. The van der Waals surface area contributed by atoms with Crippen molar-refractivity contribution in [1.82, 2.24) is 0 Å². The highest BCUT2D eigenvalue weighted by molar-refractivity contribution is 6.31. The van der Waals surface area contributed by atoms with Crippen LogP contribution in [0.2, 0.25) is 10.0 Å². The topological polar surface area (TPSA) is 24.4 Å². The smallest absolute Gasteiger partial charge is 0.0978 e. The van der Waals surface area contributed by atoms with Gasteiger partial charge in [0.2, 0.25) is 0 Å². The fourth-order valence-corrected chi connectivity index (χ4v) is 3.20. The monoisotopic (exact) mass is 390 g/mol. The molecule has 1 N–H and O–H groups in total. The number of hydrazone groups is 1. The van der Waals surface area contributed by atoms with Crippen LogP contribution in [0.1, 0.15) is 11.1 Å². The van der Waals surface area contributed by atoms with Crippen LogP contribution in [0.4, 0.5) is 5.69 Å². The maximum Gasteiger partial charge on any atom is 0.0978 e. The summed E-state index contributed by atoms with van der Waals surface area (Å²) in [5, 5.41) is 8.39. The molecule has 0 unspecified atom stereocenters. The van der Waals surface area contributed by atoms with Gasteiger partial charge in [-0.3, -0.25) is 5.43 Å². The van der Waals surface area contributed by atoms with Crippen molar-refractivity contribution in [2.24, 2.45) is 5.10 Å². The molecule has 0 radical (unpaired) electrons. The van der Waals surface area contributed by atoms with E-state index in [-0.39, 0.29) is 0 Å². The van der Waals surface area contributed by atoms with Crippen LogP contribution in [0.15, 0.2) is 96.1 Å². The van der Waals surface area contributed by atoms with E-state index in [0.717, 1.165) is 33.3 Å². The predicted molar refractivity (Wildman–Crippen MR) is 116 cm³/mol. The highest BCUT2D eigenvalue weighted by Gasteiger charge is 2.08. The Balaban J connectivity index is 1.77. The molecule has 0 bridgehead atoms. The minimum atomic E-state index is 0.691. The number of halogens is 2. The third-order valence-corrected chi connectivity index (χ3v) is 4.82. The lowest BCUT2D eigenvalue weighted by atomic mass is 10.0. The summed E-state index contributed by atoms with van der Waals surface area (Å²) in [7, 11) is 0. The first-order valence-corrected chi connectivity index (χ1v) is 9.30. The predicted octanol–water partition coefficient (Wildman–Crippen LogP) is 7.01. The second-order valence-corrected chi connectivity index (χ2v) is 6.99. The van der Waals surface area contributed by atoms with Crippen molar-refractivity contribution in [1.29, 1.82) is 0 Å². The fraction of sp³-hybridized carbons (Fsp3) is 0. The summed E-state index contributed by atoms with van der Waals surface area (Å²) in [5.74, 6) is 0. The molecule has 0 spiro atoms. The minimum absolute atomic E-state index is 0.691. The van der Waals surface area contributed by atoms with Crippen LogP contribution in [-0.2, 0) is 0 Å². The van der Waals surface area contributed by atoms with Gasteiger partial charge in [0.25, 0.3) is 0 Å². The number of fused-ring (bicyclic) bond motifs is 1. The van der Waals surface area contributed by atoms with Crippen LogP contribution in [0, 0.1) is 0 Å². The zero-order chi connectivity index (χ0) is 18.6. The Labute approximate surface area is 168 Å². The summed E-state index contributed by atoms with van der Waals surface area (Å²) < 4.78 is 0. The van der Waals surface area contributed by atoms with E-state index in [1.165, 1.54) is 0 Å². The molecule has 0 amide bonds. The molecule has 0 aliphatic heterocycles. The maximum atomic E-state index is 6.05. The molecule has 0 aromatic heterocycles. The summed E-state index contributed by atoms with van der Waals surface area (Å²) in [5.41, 5.74) is 6.94. The molecule has 0 fully saturated rings. The lowest BCUT2D eigenvalue weighted by molar-refractivity contribution is 1.34. The van der Waals surface area contributed by atoms with Gasteiger partial charge < -0.3 is 0 Å². The molecule has 4 aromatic carbocycles. The fourth-order valence-electron chi connectivity index (χ4n) is 2.95. The van der Waals surface area contributed by atoms with Gasteiger partial charge in [-0.15, -0.1) is 0 Å². The van der Waals surface area contributed by atoms with Gasteiger partial charge in [0, 0.05) is 26.6 Å². The lowest BCUT2D eigenvalue weighted by Gasteiger charge is -2.10. The van der Waals surface area contributed by atoms with Gasteiger partial charge in [0.05, 0.1) is 11.4 Å². The number of hydrogen-bond donors (Lipinski definition) is 1. The third kappa shape index (κ3) is 3.97. The van der Waals surface area contributed by atoms with Crippen LogP contribution in [0.3, 0.4) is 0 Å². The Morgan fingerprint density at radius 3 is 1.81 bits per heavy atom. The Morgan fingerprint density at radius 1 is 0.630 bits per heavy atom. The first-order chi connectivity index (χ1) is 13.2. The van der Waals surface area contributed by atoms with Crippen molar-refractivity contribution in [3.8, 4) is 0 Å². The van der Waals surface area contributed by atoms with E-state index in [1.54, 1.807) is 0 Å². The molecule has 0 saturated carbocycles. The first-order valence-electron chi connectivity index (χ1n) is 8.54. The van der Waals surface area contributed by atoms with E-state index in [9.17, 15) is 0 Å². The molecule has 4 heteroatoms. The van der Waals surface area contributed by atoms with Crippen LogP contribution in [-0.4, -0.2) is 5.71 Å². The molecule has 0 saturated heterocycles. The molecule has 0 atom stereocenters. The Hall–Kier alpha value is -2.81. The zero-order valence-electron chi connectivity index (χ0n) is 14.4. The van der Waals surface area contributed by atoms with E-state index >= 15 is 0 Å². The van der Waals surface area contributed by atoms with E-state index in [4.69, 9.17) is 28.3 Å². The summed E-state index contributed by atoms with van der Waals surface area (Å²) in [6.07, 6.45) is 0. The average molecular weight is 391 g/mol. The van der Waals surface area contributed by atoms with Crippen molar-refractivity contribution in [2.75, 3.05) is 5.43 Å². The van der Waals surface area contributed by atoms with Gasteiger partial charge >= 0.3 is 0 Å². The van der Waals surface area contributed by atoms with E-state index in [1.807, 2.05) is 72.8 Å². The first kappa shape index (κ1) is 17.6. The lowest BCUT2D eigenvalue weighted by Crippen LogP contribution is -2.06. The standard InChI is InChI=1S/C23H16Cl2N2/c24-19-12-8-17(9-13-19)23(18-10-14-20(25)15-11-18)27-26-22-7-3-5-16-4-1-2-6-21(16)22/h1-15,26H. The largest absolute Gasteiger partial charge is 0.277 e. The molecule has 0 aliphatic rings. The van der Waals surface area contributed by atoms with Gasteiger partial charge in [-0.25, -0.2) is 0 Å². The number of anilines is 1. The molecule has 4 aromatic rings. The van der Waals surface area contributed by atoms with Crippen molar-refractivity contribution in [3.05, 3.63) is 112 Å². The van der Waals surface area contributed by atoms with Gasteiger partial charge in [-0.2, -0.15) is 5.10 Å². The van der Waals surface area contributed by atoms with E-state index in [0.29, 0.717) is 10.0 Å². The van der Waals surface area contributed by atoms with E-state index in [2.05, 4.69) is 23.6 Å². The summed E-state index contributed by atoms with van der Waals surface area (Å²) in [6, 6.07) is 29.6. The third-order valence-electron chi connectivity index (χ3n) is 4.31. The molecular formula is C23H16Cl2N2. The highest BCUT2D eigenvalue weighted by Crippen LogP contribution is 2.24. The van der Waals surface area contributed by atoms with Crippen molar-refractivity contribution in [2.45, 2.75) is 0 Å². The molecule has 132 valence electrons. The van der Waals surface area contributed by atoms with Gasteiger partial charge in [-0.1, -0.05) is 83.9 Å².